The number of benzene rings is 1. The second kappa shape index (κ2) is 8.71. The number of carbonyl (C=O) groups is 1. The zero-order chi connectivity index (χ0) is 15.8. The largest absolute Gasteiger partial charge is 0.383 e. The molecule has 118 valence electrons. The zero-order valence-electron chi connectivity index (χ0n) is 13.2. The maximum absolute atomic E-state index is 12.7. The lowest BCUT2D eigenvalue weighted by Gasteiger charge is -2.22. The molecule has 0 N–H and O–H groups in total. The molecule has 0 spiro atoms. The Labute approximate surface area is 136 Å². The molecule has 2 aromatic rings. The van der Waals surface area contributed by atoms with Gasteiger partial charge in [-0.05, 0) is 46.5 Å². The molecule has 0 radical (unpaired) electrons. The van der Waals surface area contributed by atoms with Crippen molar-refractivity contribution >= 4 is 17.2 Å². The van der Waals surface area contributed by atoms with E-state index in [1.807, 2.05) is 22.4 Å². The fourth-order valence-electron chi connectivity index (χ4n) is 2.34. The first-order valence-electron chi connectivity index (χ1n) is 7.62. The Kier molecular flexibility index (Phi) is 6.62. The maximum Gasteiger partial charge on any atom is 0.254 e. The Bertz CT molecular complexity index is 563. The van der Waals surface area contributed by atoms with E-state index in [0.717, 1.165) is 24.0 Å². The maximum atomic E-state index is 12.7. The van der Waals surface area contributed by atoms with Gasteiger partial charge in [0.25, 0.3) is 5.91 Å². The summed E-state index contributed by atoms with van der Waals surface area (Å²) >= 11 is 1.65. The van der Waals surface area contributed by atoms with Crippen molar-refractivity contribution in [2.45, 2.75) is 26.3 Å². The van der Waals surface area contributed by atoms with Crippen LogP contribution in [0.15, 0.2) is 41.1 Å². The van der Waals surface area contributed by atoms with Gasteiger partial charge >= 0.3 is 0 Å². The molecule has 1 aromatic carbocycles. The topological polar surface area (TPSA) is 29.5 Å². The molecule has 1 aromatic heterocycles. The monoisotopic (exact) mass is 317 g/mol. The molecule has 1 heterocycles. The third-order valence-electron chi connectivity index (χ3n) is 3.55. The Morgan fingerprint density at radius 3 is 2.55 bits per heavy atom. The quantitative estimate of drug-likeness (QED) is 0.737. The van der Waals surface area contributed by atoms with Gasteiger partial charge in [0.15, 0.2) is 0 Å². The van der Waals surface area contributed by atoms with Crippen LogP contribution in [-0.2, 0) is 17.7 Å². The molecule has 2 rings (SSSR count). The van der Waals surface area contributed by atoms with E-state index in [4.69, 9.17) is 4.74 Å². The molecule has 0 aliphatic carbocycles. The molecular weight excluding hydrogens is 294 g/mol. The number of hydrogen-bond donors (Lipinski definition) is 0. The predicted octanol–water partition coefficient (Wildman–Crippen LogP) is 3.99. The Morgan fingerprint density at radius 2 is 1.95 bits per heavy atom. The van der Waals surface area contributed by atoms with E-state index in [1.54, 1.807) is 18.4 Å². The van der Waals surface area contributed by atoms with Crippen LogP contribution in [0.5, 0.6) is 0 Å². The Hall–Kier alpha value is -1.65. The van der Waals surface area contributed by atoms with Gasteiger partial charge in [-0.1, -0.05) is 25.5 Å². The Morgan fingerprint density at radius 1 is 1.18 bits per heavy atom. The van der Waals surface area contributed by atoms with Crippen LogP contribution < -0.4 is 0 Å². The van der Waals surface area contributed by atoms with Gasteiger partial charge < -0.3 is 9.64 Å². The van der Waals surface area contributed by atoms with E-state index < -0.39 is 0 Å². The minimum absolute atomic E-state index is 0.0614. The van der Waals surface area contributed by atoms with Crippen molar-refractivity contribution in [2.24, 2.45) is 0 Å². The average molecular weight is 317 g/mol. The highest BCUT2D eigenvalue weighted by molar-refractivity contribution is 7.07. The highest BCUT2D eigenvalue weighted by atomic mass is 32.1. The van der Waals surface area contributed by atoms with Crippen molar-refractivity contribution < 1.29 is 9.53 Å². The third-order valence-corrected chi connectivity index (χ3v) is 4.28. The second-order valence-corrected chi connectivity index (χ2v) is 6.08. The average Bonchev–Trinajstić information content (AvgIpc) is 3.05. The third kappa shape index (κ3) is 4.68. The lowest BCUT2D eigenvalue weighted by Crippen LogP contribution is -2.33. The van der Waals surface area contributed by atoms with Crippen LogP contribution in [0, 0.1) is 0 Å². The van der Waals surface area contributed by atoms with Crippen molar-refractivity contribution in [3.8, 4) is 0 Å². The number of aryl methyl sites for hydroxylation is 1. The molecule has 0 saturated heterocycles. The summed E-state index contributed by atoms with van der Waals surface area (Å²) < 4.78 is 5.14. The summed E-state index contributed by atoms with van der Waals surface area (Å²) in [5.74, 6) is 0.0614. The van der Waals surface area contributed by atoms with E-state index in [-0.39, 0.29) is 5.91 Å². The molecule has 0 unspecified atom stereocenters. The summed E-state index contributed by atoms with van der Waals surface area (Å²) in [5.41, 5.74) is 3.18. The summed E-state index contributed by atoms with van der Waals surface area (Å²) in [4.78, 5) is 14.6. The first-order chi connectivity index (χ1) is 10.7. The molecule has 0 aliphatic heterocycles. The molecule has 0 fully saturated rings. The minimum Gasteiger partial charge on any atom is -0.383 e. The number of rotatable bonds is 8. The van der Waals surface area contributed by atoms with Crippen molar-refractivity contribution in [3.63, 3.8) is 0 Å². The molecule has 4 heteroatoms. The highest BCUT2D eigenvalue weighted by Crippen LogP contribution is 2.14. The van der Waals surface area contributed by atoms with Crippen molar-refractivity contribution in [1.29, 1.82) is 0 Å². The van der Waals surface area contributed by atoms with Crippen LogP contribution in [0.3, 0.4) is 0 Å². The first-order valence-corrected chi connectivity index (χ1v) is 8.57. The van der Waals surface area contributed by atoms with E-state index >= 15 is 0 Å². The lowest BCUT2D eigenvalue weighted by atomic mass is 10.1. The molecule has 0 saturated carbocycles. The van der Waals surface area contributed by atoms with Crippen molar-refractivity contribution in [1.82, 2.24) is 4.90 Å². The summed E-state index contributed by atoms with van der Waals surface area (Å²) in [7, 11) is 1.66. The van der Waals surface area contributed by atoms with Gasteiger partial charge in [-0.3, -0.25) is 4.79 Å². The summed E-state index contributed by atoms with van der Waals surface area (Å²) in [6.07, 6.45) is 2.17. The van der Waals surface area contributed by atoms with Gasteiger partial charge in [0, 0.05) is 25.8 Å². The number of methoxy groups -OCH3 is 1. The number of hydrogen-bond acceptors (Lipinski definition) is 3. The smallest absolute Gasteiger partial charge is 0.254 e. The van der Waals surface area contributed by atoms with E-state index in [1.165, 1.54) is 5.56 Å². The highest BCUT2D eigenvalue weighted by Gasteiger charge is 2.16. The summed E-state index contributed by atoms with van der Waals surface area (Å²) in [6, 6.07) is 10.0. The fraction of sp³-hybridized carbons (Fsp3) is 0.389. The van der Waals surface area contributed by atoms with E-state index in [0.29, 0.717) is 19.7 Å². The predicted molar refractivity (Wildman–Crippen MR) is 91.4 cm³/mol. The van der Waals surface area contributed by atoms with Gasteiger partial charge in [0.2, 0.25) is 0 Å². The van der Waals surface area contributed by atoms with Gasteiger partial charge in [0.1, 0.15) is 0 Å². The minimum atomic E-state index is 0.0614. The zero-order valence-corrected chi connectivity index (χ0v) is 14.1. The number of carbonyl (C=O) groups excluding carboxylic acids is 1. The van der Waals surface area contributed by atoms with Crippen LogP contribution in [-0.4, -0.2) is 31.1 Å². The molecular formula is C18H23NO2S. The van der Waals surface area contributed by atoms with Crippen molar-refractivity contribution in [2.75, 3.05) is 20.3 Å². The molecule has 0 aliphatic rings. The summed E-state index contributed by atoms with van der Waals surface area (Å²) in [5, 5.41) is 4.12. The Balaban J connectivity index is 2.09. The molecule has 3 nitrogen and oxygen atoms in total. The van der Waals surface area contributed by atoms with Crippen LogP contribution in [0.25, 0.3) is 0 Å². The van der Waals surface area contributed by atoms with Crippen LogP contribution in [0.1, 0.15) is 34.8 Å². The standard InChI is InChI=1S/C18H23NO2S/c1-3-4-15-5-7-17(8-6-15)18(20)19(10-11-21-2)13-16-9-12-22-14-16/h5-9,12,14H,3-4,10-11,13H2,1-2H3. The lowest BCUT2D eigenvalue weighted by molar-refractivity contribution is 0.0680. The fourth-order valence-corrected chi connectivity index (χ4v) is 3.00. The van der Waals surface area contributed by atoms with Gasteiger partial charge in [-0.15, -0.1) is 0 Å². The van der Waals surface area contributed by atoms with Crippen LogP contribution in [0.4, 0.5) is 0 Å². The number of ether oxygens (including phenoxy) is 1. The molecule has 0 bridgehead atoms. The molecule has 1 amide bonds. The first kappa shape index (κ1) is 16.7. The van der Waals surface area contributed by atoms with Gasteiger partial charge in [-0.2, -0.15) is 11.3 Å². The SMILES string of the molecule is CCCc1ccc(C(=O)N(CCOC)Cc2ccsc2)cc1. The second-order valence-electron chi connectivity index (χ2n) is 5.30. The summed E-state index contributed by atoms with van der Waals surface area (Å²) in [6.45, 7) is 3.93. The van der Waals surface area contributed by atoms with E-state index in [2.05, 4.69) is 30.5 Å². The number of amides is 1. The van der Waals surface area contributed by atoms with Gasteiger partial charge in [-0.25, -0.2) is 0 Å². The normalized spacial score (nSPS) is 10.6. The molecule has 0 atom stereocenters. The van der Waals surface area contributed by atoms with Crippen molar-refractivity contribution in [3.05, 3.63) is 57.8 Å². The van der Waals surface area contributed by atoms with Gasteiger partial charge in [0.05, 0.1) is 6.61 Å². The number of thiophene rings is 1. The van der Waals surface area contributed by atoms with E-state index in [9.17, 15) is 4.79 Å². The number of nitrogens with zero attached hydrogens (tertiary/aromatic N) is 1. The molecule has 22 heavy (non-hydrogen) atoms. The van der Waals surface area contributed by atoms with Crippen LogP contribution in [0.2, 0.25) is 0 Å². The van der Waals surface area contributed by atoms with Crippen LogP contribution >= 0.6 is 11.3 Å².